The number of aromatic nitrogens is 4. The summed E-state index contributed by atoms with van der Waals surface area (Å²) < 4.78 is 12.9. The molecule has 0 spiro atoms. The zero-order chi connectivity index (χ0) is 17.4. The third-order valence-corrected chi connectivity index (χ3v) is 4.55. The number of aryl methyl sites for hydroxylation is 2. The van der Waals surface area contributed by atoms with Crippen molar-refractivity contribution in [2.45, 2.75) is 13.8 Å². The summed E-state index contributed by atoms with van der Waals surface area (Å²) in [5.74, 6) is 1.44. The van der Waals surface area contributed by atoms with Gasteiger partial charge in [-0.1, -0.05) is 0 Å². The van der Waals surface area contributed by atoms with E-state index in [1.165, 1.54) is 0 Å². The summed E-state index contributed by atoms with van der Waals surface area (Å²) in [6.07, 6.45) is 1.66. The predicted molar refractivity (Wildman–Crippen MR) is 94.4 cm³/mol. The molecular formula is C18H21N5O2. The van der Waals surface area contributed by atoms with E-state index in [1.807, 2.05) is 36.9 Å². The second-order valence-electron chi connectivity index (χ2n) is 6.18. The number of anilines is 1. The first kappa shape index (κ1) is 15.8. The molecule has 1 aliphatic heterocycles. The van der Waals surface area contributed by atoms with Crippen LogP contribution < -0.4 is 4.90 Å². The molecule has 1 saturated heterocycles. The molecule has 4 heterocycles. The molecule has 1 aliphatic rings. The molecule has 0 radical (unpaired) electrons. The van der Waals surface area contributed by atoms with Crippen LogP contribution in [0.25, 0.3) is 22.7 Å². The maximum absolute atomic E-state index is 5.56. The second kappa shape index (κ2) is 6.33. The molecule has 4 rings (SSSR count). The molecule has 0 atom stereocenters. The Morgan fingerprint density at radius 2 is 1.84 bits per heavy atom. The van der Waals surface area contributed by atoms with Crippen molar-refractivity contribution < 1.29 is 9.15 Å². The first-order chi connectivity index (χ1) is 12.1. The molecule has 3 aromatic heterocycles. The zero-order valence-corrected chi connectivity index (χ0v) is 14.7. The van der Waals surface area contributed by atoms with Crippen LogP contribution in [0.4, 0.5) is 5.95 Å². The quantitative estimate of drug-likeness (QED) is 0.730. The monoisotopic (exact) mass is 339 g/mol. The number of morpholine rings is 1. The molecule has 0 amide bonds. The maximum atomic E-state index is 5.56. The summed E-state index contributed by atoms with van der Waals surface area (Å²) in [7, 11) is 1.95. The number of hydrogen-bond donors (Lipinski definition) is 0. The highest BCUT2D eigenvalue weighted by Crippen LogP contribution is 2.30. The van der Waals surface area contributed by atoms with Gasteiger partial charge in [0.25, 0.3) is 0 Å². The largest absolute Gasteiger partial charge is 0.463 e. The van der Waals surface area contributed by atoms with Gasteiger partial charge in [-0.25, -0.2) is 9.97 Å². The van der Waals surface area contributed by atoms with Gasteiger partial charge < -0.3 is 14.1 Å². The van der Waals surface area contributed by atoms with E-state index in [4.69, 9.17) is 19.1 Å². The number of nitrogens with zero attached hydrogens (tertiary/aromatic N) is 5. The minimum absolute atomic E-state index is 0.689. The van der Waals surface area contributed by atoms with Crippen LogP contribution in [0.2, 0.25) is 0 Å². The molecule has 0 aromatic carbocycles. The van der Waals surface area contributed by atoms with Gasteiger partial charge >= 0.3 is 0 Å². The Labute approximate surface area is 146 Å². The summed E-state index contributed by atoms with van der Waals surface area (Å²) in [6.45, 7) is 7.01. The lowest BCUT2D eigenvalue weighted by atomic mass is 10.1. The van der Waals surface area contributed by atoms with Gasteiger partial charge in [-0.2, -0.15) is 5.10 Å². The van der Waals surface area contributed by atoms with Crippen LogP contribution >= 0.6 is 0 Å². The molecule has 0 aliphatic carbocycles. The molecular weight excluding hydrogens is 318 g/mol. The lowest BCUT2D eigenvalue weighted by molar-refractivity contribution is 0.122. The van der Waals surface area contributed by atoms with Crippen LogP contribution in [0.15, 0.2) is 28.9 Å². The molecule has 7 nitrogen and oxygen atoms in total. The van der Waals surface area contributed by atoms with Crippen molar-refractivity contribution in [3.63, 3.8) is 0 Å². The second-order valence-corrected chi connectivity index (χ2v) is 6.18. The van der Waals surface area contributed by atoms with Gasteiger partial charge in [-0.15, -0.1) is 0 Å². The van der Waals surface area contributed by atoms with Crippen LogP contribution in [-0.2, 0) is 11.8 Å². The molecule has 1 fully saturated rings. The summed E-state index contributed by atoms with van der Waals surface area (Å²) in [6, 6.07) is 5.75. The molecule has 0 N–H and O–H groups in total. The first-order valence-corrected chi connectivity index (χ1v) is 8.39. The van der Waals surface area contributed by atoms with Gasteiger partial charge in [0.05, 0.1) is 30.9 Å². The molecule has 0 bridgehead atoms. The topological polar surface area (TPSA) is 69.2 Å². The van der Waals surface area contributed by atoms with Crippen molar-refractivity contribution in [3.8, 4) is 22.7 Å². The number of rotatable bonds is 3. The first-order valence-electron chi connectivity index (χ1n) is 8.39. The molecule has 0 unspecified atom stereocenters. The summed E-state index contributed by atoms with van der Waals surface area (Å²) in [4.78, 5) is 11.7. The van der Waals surface area contributed by atoms with Crippen LogP contribution in [0.5, 0.6) is 0 Å². The third kappa shape index (κ3) is 2.91. The summed E-state index contributed by atoms with van der Waals surface area (Å²) in [5.41, 5.74) is 4.73. The summed E-state index contributed by atoms with van der Waals surface area (Å²) >= 11 is 0. The Kier molecular flexibility index (Phi) is 4.01. The van der Waals surface area contributed by atoms with E-state index in [9.17, 15) is 0 Å². The Balaban J connectivity index is 1.86. The molecule has 7 heteroatoms. The van der Waals surface area contributed by atoms with Gasteiger partial charge in [0.2, 0.25) is 5.95 Å². The Morgan fingerprint density at radius 1 is 1.08 bits per heavy atom. The van der Waals surface area contributed by atoms with E-state index < -0.39 is 0 Å². The molecule has 25 heavy (non-hydrogen) atoms. The molecule has 130 valence electrons. The fourth-order valence-electron chi connectivity index (χ4n) is 3.16. The van der Waals surface area contributed by atoms with Crippen molar-refractivity contribution in [1.82, 2.24) is 19.7 Å². The number of ether oxygens (including phenoxy) is 1. The lowest BCUT2D eigenvalue weighted by Crippen LogP contribution is -2.37. The van der Waals surface area contributed by atoms with Crippen molar-refractivity contribution >= 4 is 5.95 Å². The standard InChI is InChI=1S/C18H21N5O2/c1-12-17(13(2)22(3)21-12)15-11-14(16-5-4-8-25-16)19-18(20-15)23-6-9-24-10-7-23/h4-5,8,11H,6-7,9-10H2,1-3H3. The van der Waals surface area contributed by atoms with Crippen LogP contribution in [0.3, 0.4) is 0 Å². The Bertz CT molecular complexity index is 879. The Morgan fingerprint density at radius 3 is 2.48 bits per heavy atom. The van der Waals surface area contributed by atoms with Gasteiger partial charge in [-0.05, 0) is 32.0 Å². The summed E-state index contributed by atoms with van der Waals surface area (Å²) in [5, 5.41) is 4.52. The fraction of sp³-hybridized carbons (Fsp3) is 0.389. The van der Waals surface area contributed by atoms with Gasteiger partial charge in [0.15, 0.2) is 5.76 Å². The van der Waals surface area contributed by atoms with E-state index in [0.29, 0.717) is 19.2 Å². The van der Waals surface area contributed by atoms with Crippen molar-refractivity contribution in [2.24, 2.45) is 7.05 Å². The SMILES string of the molecule is Cc1nn(C)c(C)c1-c1cc(-c2ccco2)nc(N2CCOCC2)n1. The van der Waals surface area contributed by atoms with Gasteiger partial charge in [0.1, 0.15) is 5.69 Å². The van der Waals surface area contributed by atoms with Gasteiger partial charge in [-0.3, -0.25) is 4.68 Å². The normalized spacial score (nSPS) is 14.9. The van der Waals surface area contributed by atoms with E-state index in [0.717, 1.165) is 47.2 Å². The molecule has 0 saturated carbocycles. The van der Waals surface area contributed by atoms with Crippen LogP contribution in [-0.4, -0.2) is 46.1 Å². The predicted octanol–water partition coefficient (Wildman–Crippen LogP) is 2.59. The number of furan rings is 1. The van der Waals surface area contributed by atoms with E-state index in [1.54, 1.807) is 6.26 Å². The molecule has 3 aromatic rings. The van der Waals surface area contributed by atoms with Gasteiger partial charge in [0, 0.05) is 31.4 Å². The van der Waals surface area contributed by atoms with E-state index in [2.05, 4.69) is 16.9 Å². The van der Waals surface area contributed by atoms with E-state index in [-0.39, 0.29) is 0 Å². The minimum atomic E-state index is 0.689. The zero-order valence-electron chi connectivity index (χ0n) is 14.7. The average molecular weight is 339 g/mol. The highest BCUT2D eigenvalue weighted by atomic mass is 16.5. The highest BCUT2D eigenvalue weighted by Gasteiger charge is 2.20. The average Bonchev–Trinajstić information content (AvgIpc) is 3.24. The lowest BCUT2D eigenvalue weighted by Gasteiger charge is -2.27. The van der Waals surface area contributed by atoms with Crippen molar-refractivity contribution in [1.29, 1.82) is 0 Å². The van der Waals surface area contributed by atoms with Crippen LogP contribution in [0, 0.1) is 13.8 Å². The number of hydrogen-bond acceptors (Lipinski definition) is 6. The highest BCUT2D eigenvalue weighted by molar-refractivity contribution is 5.70. The van der Waals surface area contributed by atoms with Crippen molar-refractivity contribution in [2.75, 3.05) is 31.2 Å². The Hall–Kier alpha value is -2.67. The minimum Gasteiger partial charge on any atom is -0.463 e. The third-order valence-electron chi connectivity index (χ3n) is 4.55. The smallest absolute Gasteiger partial charge is 0.226 e. The van der Waals surface area contributed by atoms with Crippen LogP contribution in [0.1, 0.15) is 11.4 Å². The van der Waals surface area contributed by atoms with E-state index >= 15 is 0 Å². The van der Waals surface area contributed by atoms with Crippen molar-refractivity contribution in [3.05, 3.63) is 35.9 Å². The maximum Gasteiger partial charge on any atom is 0.226 e. The fourth-order valence-corrected chi connectivity index (χ4v) is 3.16.